The van der Waals surface area contributed by atoms with E-state index in [0.717, 1.165) is 11.3 Å². The average Bonchev–Trinajstić information content (AvgIpc) is 2.66. The molecule has 0 spiro atoms. The third-order valence-electron chi connectivity index (χ3n) is 2.52. The van der Waals surface area contributed by atoms with Crippen LogP contribution in [0.15, 0.2) is 0 Å². The lowest BCUT2D eigenvalue weighted by molar-refractivity contribution is -0.143. The molecule has 1 amide bonds. The molecule has 0 aliphatic rings. The summed E-state index contributed by atoms with van der Waals surface area (Å²) in [6.07, 6.45) is 0.520. The van der Waals surface area contributed by atoms with Gasteiger partial charge in [0, 0.05) is 0 Å². The second-order valence-electron chi connectivity index (χ2n) is 4.65. The van der Waals surface area contributed by atoms with Crippen molar-refractivity contribution < 1.29 is 14.3 Å². The molecule has 106 valence electrons. The fourth-order valence-electron chi connectivity index (χ4n) is 1.68. The van der Waals surface area contributed by atoms with Crippen molar-refractivity contribution in [3.05, 3.63) is 10.6 Å². The van der Waals surface area contributed by atoms with Crippen molar-refractivity contribution in [1.29, 1.82) is 0 Å². The molecule has 0 bridgehead atoms. The van der Waals surface area contributed by atoms with E-state index >= 15 is 0 Å². The maximum absolute atomic E-state index is 12.1. The minimum absolute atomic E-state index is 0.261. The molecule has 1 rings (SSSR count). The van der Waals surface area contributed by atoms with E-state index in [4.69, 9.17) is 10.5 Å². The quantitative estimate of drug-likeness (QED) is 0.796. The molecule has 1 atom stereocenters. The van der Waals surface area contributed by atoms with Gasteiger partial charge in [0.15, 0.2) is 5.13 Å². The van der Waals surface area contributed by atoms with E-state index in [1.54, 1.807) is 6.92 Å². The van der Waals surface area contributed by atoms with Gasteiger partial charge in [-0.15, -0.1) is 0 Å². The molecule has 0 saturated heterocycles. The van der Waals surface area contributed by atoms with Crippen molar-refractivity contribution in [2.45, 2.75) is 33.2 Å². The molecule has 1 aromatic heterocycles. The maximum atomic E-state index is 12.1. The molecule has 7 heteroatoms. The zero-order valence-electron chi connectivity index (χ0n) is 11.5. The molecular weight excluding hydrogens is 266 g/mol. The highest BCUT2D eigenvalue weighted by Crippen LogP contribution is 2.20. The zero-order valence-corrected chi connectivity index (χ0v) is 12.3. The number of aryl methyl sites for hydroxylation is 1. The number of nitrogens with one attached hydrogen (secondary N) is 1. The molecule has 0 aliphatic carbocycles. The summed E-state index contributed by atoms with van der Waals surface area (Å²) >= 11 is 1.11. The van der Waals surface area contributed by atoms with Crippen molar-refractivity contribution >= 4 is 28.3 Å². The first-order valence-corrected chi connectivity index (χ1v) is 6.78. The standard InChI is InChI=1S/C12H19N3O3S/c1-6(2)5-8(11(17)18-4)15-10(16)9-7(3)14-12(13)19-9/h6,8H,5H2,1-4H3,(H2,13,14)(H,15,16)/t8-/m0/s1. The fraction of sp³-hybridized carbons (Fsp3) is 0.583. The van der Waals surface area contributed by atoms with E-state index in [0.29, 0.717) is 22.1 Å². The Morgan fingerprint density at radius 3 is 2.53 bits per heavy atom. The van der Waals surface area contributed by atoms with Crippen molar-refractivity contribution in [2.24, 2.45) is 5.92 Å². The Bertz CT molecular complexity index is 471. The second kappa shape index (κ2) is 6.51. The fourth-order valence-corrected chi connectivity index (χ4v) is 2.42. The van der Waals surface area contributed by atoms with E-state index in [2.05, 4.69) is 10.3 Å². The van der Waals surface area contributed by atoms with Gasteiger partial charge in [-0.1, -0.05) is 25.2 Å². The van der Waals surface area contributed by atoms with E-state index in [1.807, 2.05) is 13.8 Å². The van der Waals surface area contributed by atoms with Crippen LogP contribution in [0.1, 0.15) is 35.6 Å². The number of rotatable bonds is 5. The SMILES string of the molecule is COC(=O)[C@H](CC(C)C)NC(=O)c1sc(N)nc1C. The zero-order chi connectivity index (χ0) is 14.6. The third kappa shape index (κ3) is 4.20. The lowest BCUT2D eigenvalue weighted by atomic mass is 10.0. The molecule has 0 aliphatic heterocycles. The van der Waals surface area contributed by atoms with Gasteiger partial charge in [0.05, 0.1) is 12.8 Å². The van der Waals surface area contributed by atoms with E-state index in [-0.39, 0.29) is 11.8 Å². The van der Waals surface area contributed by atoms with Crippen LogP contribution in [-0.4, -0.2) is 30.0 Å². The monoisotopic (exact) mass is 285 g/mol. The summed E-state index contributed by atoms with van der Waals surface area (Å²) in [6, 6.07) is -0.653. The Balaban J connectivity index is 2.81. The van der Waals surface area contributed by atoms with Crippen LogP contribution in [0.4, 0.5) is 5.13 Å². The summed E-state index contributed by atoms with van der Waals surface area (Å²) in [6.45, 7) is 5.65. The Hall–Kier alpha value is -1.63. The first-order valence-electron chi connectivity index (χ1n) is 5.96. The number of esters is 1. The summed E-state index contributed by atoms with van der Waals surface area (Å²) in [4.78, 5) is 28.1. The molecule has 1 aromatic rings. The van der Waals surface area contributed by atoms with Gasteiger partial charge in [-0.05, 0) is 19.3 Å². The van der Waals surface area contributed by atoms with Gasteiger partial charge in [0.1, 0.15) is 10.9 Å². The van der Waals surface area contributed by atoms with Crippen molar-refractivity contribution in [3.8, 4) is 0 Å². The van der Waals surface area contributed by atoms with Crippen LogP contribution >= 0.6 is 11.3 Å². The second-order valence-corrected chi connectivity index (χ2v) is 5.68. The van der Waals surface area contributed by atoms with Crippen LogP contribution < -0.4 is 11.1 Å². The molecule has 6 nitrogen and oxygen atoms in total. The van der Waals surface area contributed by atoms with Crippen LogP contribution in [0.2, 0.25) is 0 Å². The Morgan fingerprint density at radius 1 is 1.47 bits per heavy atom. The third-order valence-corrected chi connectivity index (χ3v) is 3.50. The van der Waals surface area contributed by atoms with Crippen molar-refractivity contribution in [3.63, 3.8) is 0 Å². The molecule has 19 heavy (non-hydrogen) atoms. The number of ether oxygens (including phenoxy) is 1. The summed E-state index contributed by atoms with van der Waals surface area (Å²) in [7, 11) is 1.30. The number of nitrogen functional groups attached to an aromatic ring is 1. The number of amides is 1. The smallest absolute Gasteiger partial charge is 0.328 e. The minimum atomic E-state index is -0.653. The largest absolute Gasteiger partial charge is 0.467 e. The number of anilines is 1. The summed E-state index contributed by atoms with van der Waals surface area (Å²) in [5, 5.41) is 3.01. The first kappa shape index (κ1) is 15.4. The normalized spacial score (nSPS) is 12.3. The molecule has 0 aromatic carbocycles. The number of methoxy groups -OCH3 is 1. The molecular formula is C12H19N3O3S. The van der Waals surface area contributed by atoms with Gasteiger partial charge in [-0.3, -0.25) is 4.79 Å². The lowest BCUT2D eigenvalue weighted by Gasteiger charge is -2.17. The van der Waals surface area contributed by atoms with Crippen LogP contribution in [0.3, 0.4) is 0 Å². The number of hydrogen-bond acceptors (Lipinski definition) is 6. The molecule has 0 fully saturated rings. The highest BCUT2D eigenvalue weighted by atomic mass is 32.1. The molecule has 0 unspecified atom stereocenters. The molecule has 3 N–H and O–H groups in total. The van der Waals surface area contributed by atoms with Crippen LogP contribution in [0, 0.1) is 12.8 Å². The minimum Gasteiger partial charge on any atom is -0.467 e. The Labute approximate surface area is 116 Å². The van der Waals surface area contributed by atoms with E-state index in [1.165, 1.54) is 7.11 Å². The summed E-state index contributed by atoms with van der Waals surface area (Å²) in [5.74, 6) is -0.531. The van der Waals surface area contributed by atoms with Crippen molar-refractivity contribution in [1.82, 2.24) is 10.3 Å². The highest BCUT2D eigenvalue weighted by molar-refractivity contribution is 7.17. The number of carbonyl (C=O) groups excluding carboxylic acids is 2. The number of aromatic nitrogens is 1. The molecule has 0 saturated carbocycles. The maximum Gasteiger partial charge on any atom is 0.328 e. The number of carbonyl (C=O) groups is 2. The number of nitrogens with two attached hydrogens (primary N) is 1. The van der Waals surface area contributed by atoms with Crippen LogP contribution in [0.25, 0.3) is 0 Å². The predicted molar refractivity (Wildman–Crippen MR) is 74.0 cm³/mol. The molecule has 0 radical (unpaired) electrons. The van der Waals surface area contributed by atoms with Gasteiger partial charge in [-0.2, -0.15) is 0 Å². The lowest BCUT2D eigenvalue weighted by Crippen LogP contribution is -2.42. The van der Waals surface area contributed by atoms with Gasteiger partial charge in [0.25, 0.3) is 5.91 Å². The first-order chi connectivity index (χ1) is 8.85. The summed E-state index contributed by atoms with van der Waals surface area (Å²) in [5.41, 5.74) is 6.11. The van der Waals surface area contributed by atoms with Gasteiger partial charge in [-0.25, -0.2) is 9.78 Å². The van der Waals surface area contributed by atoms with Crippen molar-refractivity contribution in [2.75, 3.05) is 12.8 Å². The Morgan fingerprint density at radius 2 is 2.11 bits per heavy atom. The number of nitrogens with zero attached hydrogens (tertiary/aromatic N) is 1. The average molecular weight is 285 g/mol. The van der Waals surface area contributed by atoms with Gasteiger partial charge >= 0.3 is 5.97 Å². The van der Waals surface area contributed by atoms with Crippen LogP contribution in [0.5, 0.6) is 0 Å². The highest BCUT2D eigenvalue weighted by Gasteiger charge is 2.25. The molecule has 1 heterocycles. The Kier molecular flexibility index (Phi) is 5.29. The van der Waals surface area contributed by atoms with Gasteiger partial charge in [0.2, 0.25) is 0 Å². The van der Waals surface area contributed by atoms with E-state index < -0.39 is 12.0 Å². The van der Waals surface area contributed by atoms with Gasteiger partial charge < -0.3 is 15.8 Å². The number of hydrogen-bond donors (Lipinski definition) is 2. The summed E-state index contributed by atoms with van der Waals surface area (Å²) < 4.78 is 4.69. The van der Waals surface area contributed by atoms with Crippen LogP contribution in [-0.2, 0) is 9.53 Å². The van der Waals surface area contributed by atoms with E-state index in [9.17, 15) is 9.59 Å². The number of thiazole rings is 1. The predicted octanol–water partition coefficient (Wildman–Crippen LogP) is 1.35. The topological polar surface area (TPSA) is 94.3 Å².